The van der Waals surface area contributed by atoms with Gasteiger partial charge in [-0.25, -0.2) is 0 Å². The minimum absolute atomic E-state index is 0.0693. The molecular weight excluding hydrogens is 439 g/mol. The topological polar surface area (TPSA) is 70.1 Å². The molecule has 1 aliphatic rings. The molecule has 8 heteroatoms. The van der Waals surface area contributed by atoms with Crippen LogP contribution in [0.1, 0.15) is 23.6 Å². The number of aliphatic hydroxyl groups is 1. The number of benzene rings is 2. The van der Waals surface area contributed by atoms with E-state index in [2.05, 4.69) is 4.90 Å². The molecule has 31 heavy (non-hydrogen) atoms. The van der Waals surface area contributed by atoms with Crippen LogP contribution in [0, 0.1) is 0 Å². The maximum Gasteiger partial charge on any atom is 0.325 e. The van der Waals surface area contributed by atoms with Gasteiger partial charge in [0.15, 0.2) is 0 Å². The lowest BCUT2D eigenvalue weighted by atomic mass is 10.0. The van der Waals surface area contributed by atoms with E-state index in [9.17, 15) is 14.7 Å². The highest BCUT2D eigenvalue weighted by molar-refractivity contribution is 6.42. The number of carbonyl (C=O) groups excluding carboxylic acids is 2. The Balaban J connectivity index is 1.89. The summed E-state index contributed by atoms with van der Waals surface area (Å²) in [4.78, 5) is 29.2. The molecule has 0 aliphatic carbocycles. The highest BCUT2D eigenvalue weighted by atomic mass is 35.5. The quantitative estimate of drug-likeness (QED) is 0.606. The number of carbonyl (C=O) groups is 2. The maximum atomic E-state index is 13.4. The second-order valence-corrected chi connectivity index (χ2v) is 8.47. The predicted molar refractivity (Wildman–Crippen MR) is 120 cm³/mol. The summed E-state index contributed by atoms with van der Waals surface area (Å²) in [5.74, 6) is -0.720. The molecule has 1 heterocycles. The molecule has 0 bridgehead atoms. The van der Waals surface area contributed by atoms with Gasteiger partial charge >= 0.3 is 5.97 Å². The van der Waals surface area contributed by atoms with Crippen LogP contribution in [0.2, 0.25) is 10.0 Å². The average molecular weight is 465 g/mol. The van der Waals surface area contributed by atoms with E-state index in [1.807, 2.05) is 30.3 Å². The van der Waals surface area contributed by atoms with Crippen molar-refractivity contribution in [1.29, 1.82) is 0 Å². The van der Waals surface area contributed by atoms with E-state index < -0.39 is 5.97 Å². The van der Waals surface area contributed by atoms with Crippen molar-refractivity contribution < 1.29 is 19.4 Å². The highest BCUT2D eigenvalue weighted by Crippen LogP contribution is 2.27. The lowest BCUT2D eigenvalue weighted by Crippen LogP contribution is -2.44. The molecule has 2 aromatic rings. The summed E-state index contributed by atoms with van der Waals surface area (Å²) in [6, 6.07) is 14.3. The van der Waals surface area contributed by atoms with Gasteiger partial charge in [0.2, 0.25) is 5.91 Å². The first-order valence-electron chi connectivity index (χ1n) is 10.1. The zero-order valence-electron chi connectivity index (χ0n) is 17.3. The van der Waals surface area contributed by atoms with Crippen molar-refractivity contribution in [2.75, 3.05) is 33.3 Å². The molecule has 1 aliphatic heterocycles. The van der Waals surface area contributed by atoms with Gasteiger partial charge in [-0.3, -0.25) is 14.5 Å². The van der Waals surface area contributed by atoms with Crippen LogP contribution in [0.25, 0.3) is 0 Å². The smallest absolute Gasteiger partial charge is 0.325 e. The SMILES string of the molecule is COC(=O)CN(C(=O)Cc1ccc(Cl)c(Cl)c1)C(CN1CCC(O)C1)c1ccccc1. The fraction of sp³-hybridized carbons (Fsp3) is 0.391. The first kappa shape index (κ1) is 23.5. The molecule has 2 unspecified atom stereocenters. The van der Waals surface area contributed by atoms with Gasteiger partial charge in [0, 0.05) is 19.6 Å². The van der Waals surface area contributed by atoms with Crippen molar-refractivity contribution in [3.63, 3.8) is 0 Å². The van der Waals surface area contributed by atoms with Gasteiger partial charge in [-0.1, -0.05) is 59.6 Å². The van der Waals surface area contributed by atoms with E-state index in [4.69, 9.17) is 27.9 Å². The van der Waals surface area contributed by atoms with Gasteiger partial charge in [0.05, 0.1) is 35.7 Å². The Bertz CT molecular complexity index is 910. The Morgan fingerprint density at radius 2 is 1.94 bits per heavy atom. The van der Waals surface area contributed by atoms with E-state index in [-0.39, 0.29) is 31.0 Å². The van der Waals surface area contributed by atoms with Crippen molar-refractivity contribution in [2.24, 2.45) is 0 Å². The molecule has 2 aromatic carbocycles. The summed E-state index contributed by atoms with van der Waals surface area (Å²) in [6.07, 6.45) is 0.382. The summed E-state index contributed by atoms with van der Waals surface area (Å²) in [5, 5.41) is 10.7. The van der Waals surface area contributed by atoms with E-state index in [0.29, 0.717) is 35.1 Å². The molecule has 0 radical (unpaired) electrons. The third kappa shape index (κ3) is 6.43. The summed E-state index contributed by atoms with van der Waals surface area (Å²) >= 11 is 12.1. The summed E-state index contributed by atoms with van der Waals surface area (Å²) in [7, 11) is 1.30. The fourth-order valence-electron chi connectivity index (χ4n) is 3.78. The van der Waals surface area contributed by atoms with Crippen LogP contribution >= 0.6 is 23.2 Å². The first-order chi connectivity index (χ1) is 14.9. The van der Waals surface area contributed by atoms with E-state index in [1.165, 1.54) is 7.11 Å². The number of rotatable bonds is 8. The highest BCUT2D eigenvalue weighted by Gasteiger charge is 2.31. The van der Waals surface area contributed by atoms with Gasteiger partial charge in [-0.15, -0.1) is 0 Å². The van der Waals surface area contributed by atoms with Crippen molar-refractivity contribution in [1.82, 2.24) is 9.80 Å². The average Bonchev–Trinajstić information content (AvgIpc) is 3.18. The molecule has 0 aromatic heterocycles. The van der Waals surface area contributed by atoms with Crippen LogP contribution in [0.4, 0.5) is 0 Å². The zero-order valence-corrected chi connectivity index (χ0v) is 18.9. The van der Waals surface area contributed by atoms with Crippen molar-refractivity contribution in [3.8, 4) is 0 Å². The largest absolute Gasteiger partial charge is 0.468 e. The number of methoxy groups -OCH3 is 1. The standard InChI is InChI=1S/C23H26Cl2N2O4/c1-31-23(30)15-27(22(29)12-16-7-8-19(24)20(25)11-16)21(17-5-3-2-4-6-17)14-26-10-9-18(28)13-26/h2-8,11,18,21,28H,9-10,12-15H2,1H3. The number of nitrogens with zero attached hydrogens (tertiary/aromatic N) is 2. The number of aliphatic hydroxyl groups excluding tert-OH is 1. The molecule has 6 nitrogen and oxygen atoms in total. The van der Waals surface area contributed by atoms with Crippen LogP contribution in [-0.4, -0.2) is 66.2 Å². The molecule has 3 rings (SSSR count). The Kier molecular flexibility index (Phi) is 8.32. The molecule has 2 atom stereocenters. The normalized spacial score (nSPS) is 17.4. The van der Waals surface area contributed by atoms with E-state index >= 15 is 0 Å². The number of esters is 1. The maximum absolute atomic E-state index is 13.4. The number of amides is 1. The number of halogens is 2. The van der Waals surface area contributed by atoms with Crippen molar-refractivity contribution >= 4 is 35.1 Å². The zero-order chi connectivity index (χ0) is 22.4. The van der Waals surface area contributed by atoms with Crippen LogP contribution in [0.3, 0.4) is 0 Å². The Labute approximate surface area is 192 Å². The molecule has 166 valence electrons. The third-order valence-corrected chi connectivity index (χ3v) is 6.17. The minimum Gasteiger partial charge on any atom is -0.468 e. The number of β-amino-alcohol motifs (C(OH)–C–C–N with tert-alkyl or cyclic N) is 1. The number of hydrogen-bond acceptors (Lipinski definition) is 5. The molecule has 1 saturated heterocycles. The molecule has 1 N–H and O–H groups in total. The van der Waals surface area contributed by atoms with Crippen molar-refractivity contribution in [2.45, 2.75) is 25.0 Å². The second-order valence-electron chi connectivity index (χ2n) is 7.65. The van der Waals surface area contributed by atoms with E-state index in [0.717, 1.165) is 12.1 Å². The molecule has 1 fully saturated rings. The molecular formula is C23H26Cl2N2O4. The number of likely N-dealkylation sites (tertiary alicyclic amines) is 1. The molecule has 1 amide bonds. The summed E-state index contributed by atoms with van der Waals surface area (Å²) < 4.78 is 4.86. The number of hydrogen-bond donors (Lipinski definition) is 1. The summed E-state index contributed by atoms with van der Waals surface area (Å²) in [5.41, 5.74) is 1.62. The predicted octanol–water partition coefficient (Wildman–Crippen LogP) is 3.35. The lowest BCUT2D eigenvalue weighted by molar-refractivity contribution is -0.148. The van der Waals surface area contributed by atoms with Crippen LogP contribution < -0.4 is 0 Å². The Morgan fingerprint density at radius 3 is 2.55 bits per heavy atom. The monoisotopic (exact) mass is 464 g/mol. The first-order valence-corrected chi connectivity index (χ1v) is 10.9. The van der Waals surface area contributed by atoms with Crippen molar-refractivity contribution in [3.05, 3.63) is 69.7 Å². The van der Waals surface area contributed by atoms with Crippen LogP contribution in [0.5, 0.6) is 0 Å². The third-order valence-electron chi connectivity index (χ3n) is 5.43. The van der Waals surface area contributed by atoms with Crippen LogP contribution in [0.15, 0.2) is 48.5 Å². The van der Waals surface area contributed by atoms with E-state index in [1.54, 1.807) is 23.1 Å². The van der Waals surface area contributed by atoms with Crippen LogP contribution in [-0.2, 0) is 20.7 Å². The second kappa shape index (κ2) is 11.0. The molecule has 0 saturated carbocycles. The Hall–Kier alpha value is -2.12. The molecule has 0 spiro atoms. The Morgan fingerprint density at radius 1 is 1.19 bits per heavy atom. The van der Waals surface area contributed by atoms with Gasteiger partial charge < -0.3 is 14.7 Å². The van der Waals surface area contributed by atoms with Gasteiger partial charge in [-0.2, -0.15) is 0 Å². The van der Waals surface area contributed by atoms with Gasteiger partial charge in [0.1, 0.15) is 6.54 Å². The fourth-order valence-corrected chi connectivity index (χ4v) is 4.10. The minimum atomic E-state index is -0.495. The summed E-state index contributed by atoms with van der Waals surface area (Å²) in [6.45, 7) is 1.60. The lowest BCUT2D eigenvalue weighted by Gasteiger charge is -2.34. The van der Waals surface area contributed by atoms with Gasteiger partial charge in [0.25, 0.3) is 0 Å². The van der Waals surface area contributed by atoms with Gasteiger partial charge in [-0.05, 0) is 29.7 Å². The number of ether oxygens (including phenoxy) is 1.